The van der Waals surface area contributed by atoms with Gasteiger partial charge in [0.05, 0.1) is 12.1 Å². The molecular formula is C24H28N4O3. The fourth-order valence-electron chi connectivity index (χ4n) is 4.36. The van der Waals surface area contributed by atoms with Gasteiger partial charge in [0, 0.05) is 43.3 Å². The van der Waals surface area contributed by atoms with Crippen molar-refractivity contribution in [2.75, 3.05) is 20.1 Å². The summed E-state index contributed by atoms with van der Waals surface area (Å²) in [5, 5.41) is 5.82. The topological polar surface area (TPSA) is 79.5 Å². The van der Waals surface area contributed by atoms with E-state index < -0.39 is 0 Å². The highest BCUT2D eigenvalue weighted by atomic mass is 16.5. The van der Waals surface area contributed by atoms with Crippen LogP contribution in [-0.4, -0.2) is 57.9 Å². The molecule has 7 heteroatoms. The smallest absolute Gasteiger partial charge is 0.273 e. The van der Waals surface area contributed by atoms with Crippen LogP contribution in [-0.2, 0) is 11.2 Å². The number of hydrogen-bond acceptors (Lipinski definition) is 5. The largest absolute Gasteiger partial charge is 0.361 e. The van der Waals surface area contributed by atoms with Gasteiger partial charge in [-0.25, -0.2) is 0 Å². The number of amides is 2. The second-order valence-electron chi connectivity index (χ2n) is 8.24. The van der Waals surface area contributed by atoms with Crippen LogP contribution in [0.1, 0.15) is 46.8 Å². The van der Waals surface area contributed by atoms with E-state index in [0.717, 1.165) is 41.3 Å². The van der Waals surface area contributed by atoms with Crippen molar-refractivity contribution in [1.82, 2.24) is 19.9 Å². The summed E-state index contributed by atoms with van der Waals surface area (Å²) in [6.45, 7) is 5.03. The number of benzene rings is 1. The van der Waals surface area contributed by atoms with E-state index in [1.807, 2.05) is 56.1 Å². The highest BCUT2D eigenvalue weighted by Gasteiger charge is 2.28. The normalized spacial score (nSPS) is 16.9. The predicted molar refractivity (Wildman–Crippen MR) is 118 cm³/mol. The molecule has 3 aromatic rings. The van der Waals surface area contributed by atoms with E-state index in [9.17, 15) is 9.59 Å². The van der Waals surface area contributed by atoms with Crippen molar-refractivity contribution in [3.63, 3.8) is 0 Å². The molecule has 7 nitrogen and oxygen atoms in total. The summed E-state index contributed by atoms with van der Waals surface area (Å²) in [5.41, 5.74) is 2.13. The second-order valence-corrected chi connectivity index (χ2v) is 8.24. The van der Waals surface area contributed by atoms with Crippen LogP contribution in [0.5, 0.6) is 0 Å². The van der Waals surface area contributed by atoms with Gasteiger partial charge in [-0.1, -0.05) is 29.4 Å². The molecule has 1 unspecified atom stereocenters. The van der Waals surface area contributed by atoms with Gasteiger partial charge in [-0.3, -0.25) is 14.6 Å². The third-order valence-corrected chi connectivity index (χ3v) is 6.30. The molecule has 1 atom stereocenters. The highest BCUT2D eigenvalue weighted by molar-refractivity contribution is 6.05. The third kappa shape index (κ3) is 4.31. The van der Waals surface area contributed by atoms with Crippen molar-refractivity contribution in [3.8, 4) is 0 Å². The molecule has 1 aromatic carbocycles. The molecule has 1 aliphatic heterocycles. The standard InChI is InChI=1S/C24H28N4O3/c1-16-21(17(2)31-26-16)15-22(29)28-13-6-8-19(11-14-28)27(3)24(30)23-20-9-5-4-7-18(20)10-12-25-23/h4-5,7,9-10,12,19H,6,8,11,13-15H2,1-3H3. The molecule has 162 valence electrons. The molecule has 4 rings (SSSR count). The molecular weight excluding hydrogens is 392 g/mol. The average molecular weight is 421 g/mol. The Labute approximate surface area is 182 Å². The van der Waals surface area contributed by atoms with Crippen LogP contribution in [0, 0.1) is 13.8 Å². The molecule has 0 bridgehead atoms. The fourth-order valence-corrected chi connectivity index (χ4v) is 4.36. The maximum Gasteiger partial charge on any atom is 0.273 e. The van der Waals surface area contributed by atoms with E-state index >= 15 is 0 Å². The van der Waals surface area contributed by atoms with Crippen LogP contribution in [0.25, 0.3) is 10.8 Å². The molecule has 0 aliphatic carbocycles. The molecule has 0 N–H and O–H groups in total. The van der Waals surface area contributed by atoms with Crippen LogP contribution in [0.15, 0.2) is 41.1 Å². The van der Waals surface area contributed by atoms with Gasteiger partial charge in [-0.15, -0.1) is 0 Å². The van der Waals surface area contributed by atoms with Crippen LogP contribution in [0.4, 0.5) is 0 Å². The number of rotatable bonds is 4. The van der Waals surface area contributed by atoms with Crippen molar-refractivity contribution in [3.05, 3.63) is 59.2 Å². The highest BCUT2D eigenvalue weighted by Crippen LogP contribution is 2.22. The number of fused-ring (bicyclic) bond motifs is 1. The monoisotopic (exact) mass is 420 g/mol. The lowest BCUT2D eigenvalue weighted by atomic mass is 10.1. The van der Waals surface area contributed by atoms with Crippen molar-refractivity contribution in [1.29, 1.82) is 0 Å². The Kier molecular flexibility index (Phi) is 6.02. The zero-order valence-corrected chi connectivity index (χ0v) is 18.3. The molecule has 1 fully saturated rings. The Bertz CT molecular complexity index is 1080. The lowest BCUT2D eigenvalue weighted by Crippen LogP contribution is -2.39. The fraction of sp³-hybridized carbons (Fsp3) is 0.417. The lowest BCUT2D eigenvalue weighted by Gasteiger charge is -2.27. The number of nitrogens with zero attached hydrogens (tertiary/aromatic N) is 4. The second kappa shape index (κ2) is 8.88. The number of carbonyl (C=O) groups is 2. The summed E-state index contributed by atoms with van der Waals surface area (Å²) in [6, 6.07) is 9.80. The van der Waals surface area contributed by atoms with Gasteiger partial charge >= 0.3 is 0 Å². The van der Waals surface area contributed by atoms with Crippen LogP contribution in [0.3, 0.4) is 0 Å². The maximum absolute atomic E-state index is 13.2. The lowest BCUT2D eigenvalue weighted by molar-refractivity contribution is -0.130. The summed E-state index contributed by atoms with van der Waals surface area (Å²) in [4.78, 5) is 34.2. The number of aromatic nitrogens is 2. The number of carbonyl (C=O) groups excluding carboxylic acids is 2. The average Bonchev–Trinajstić information content (AvgIpc) is 2.98. The summed E-state index contributed by atoms with van der Waals surface area (Å²) < 4.78 is 5.18. The first-order chi connectivity index (χ1) is 15.0. The van der Waals surface area contributed by atoms with Gasteiger partial charge in [-0.2, -0.15) is 0 Å². The van der Waals surface area contributed by atoms with Crippen molar-refractivity contribution in [2.45, 2.75) is 45.6 Å². The zero-order valence-electron chi connectivity index (χ0n) is 18.3. The maximum atomic E-state index is 13.2. The SMILES string of the molecule is Cc1noc(C)c1CC(=O)N1CCCC(N(C)C(=O)c2nccc3ccccc23)CC1. The molecule has 3 heterocycles. The molecule has 2 aromatic heterocycles. The quantitative estimate of drug-likeness (QED) is 0.645. The molecule has 0 saturated carbocycles. The van der Waals surface area contributed by atoms with Gasteiger partial charge in [0.2, 0.25) is 5.91 Å². The predicted octanol–water partition coefficient (Wildman–Crippen LogP) is 3.54. The Morgan fingerprint density at radius 2 is 1.97 bits per heavy atom. The summed E-state index contributed by atoms with van der Waals surface area (Å²) in [7, 11) is 1.85. The summed E-state index contributed by atoms with van der Waals surface area (Å²) in [5.74, 6) is 0.712. The first-order valence-electron chi connectivity index (χ1n) is 10.8. The molecule has 1 saturated heterocycles. The Morgan fingerprint density at radius 3 is 2.74 bits per heavy atom. The van der Waals surface area contributed by atoms with Gasteiger partial charge in [-0.05, 0) is 44.6 Å². The van der Waals surface area contributed by atoms with Crippen molar-refractivity contribution in [2.24, 2.45) is 0 Å². The third-order valence-electron chi connectivity index (χ3n) is 6.30. The zero-order chi connectivity index (χ0) is 22.0. The van der Waals surface area contributed by atoms with E-state index in [4.69, 9.17) is 4.52 Å². The van der Waals surface area contributed by atoms with Crippen LogP contribution < -0.4 is 0 Å². The van der Waals surface area contributed by atoms with E-state index in [-0.39, 0.29) is 17.9 Å². The molecule has 1 aliphatic rings. The molecule has 0 spiro atoms. The minimum absolute atomic E-state index is 0.0719. The van der Waals surface area contributed by atoms with E-state index in [2.05, 4.69) is 10.1 Å². The van der Waals surface area contributed by atoms with Gasteiger partial charge in [0.1, 0.15) is 11.5 Å². The molecule has 31 heavy (non-hydrogen) atoms. The first kappa shape index (κ1) is 21.0. The van der Waals surface area contributed by atoms with Crippen LogP contribution >= 0.6 is 0 Å². The van der Waals surface area contributed by atoms with Crippen LogP contribution in [0.2, 0.25) is 0 Å². The number of likely N-dealkylation sites (tertiary alicyclic amines) is 1. The first-order valence-corrected chi connectivity index (χ1v) is 10.8. The van der Waals surface area contributed by atoms with Crippen molar-refractivity contribution < 1.29 is 14.1 Å². The van der Waals surface area contributed by atoms with E-state index in [1.54, 1.807) is 11.1 Å². The van der Waals surface area contributed by atoms with Gasteiger partial charge < -0.3 is 14.3 Å². The number of hydrogen-bond donors (Lipinski definition) is 0. The number of aryl methyl sites for hydroxylation is 2. The van der Waals surface area contributed by atoms with Gasteiger partial charge in [0.15, 0.2) is 0 Å². The number of pyridine rings is 1. The Balaban J connectivity index is 1.43. The van der Waals surface area contributed by atoms with Gasteiger partial charge in [0.25, 0.3) is 5.91 Å². The molecule has 0 radical (unpaired) electrons. The van der Waals surface area contributed by atoms with E-state index in [1.165, 1.54) is 0 Å². The minimum atomic E-state index is -0.0719. The summed E-state index contributed by atoms with van der Waals surface area (Å²) >= 11 is 0. The Hall–Kier alpha value is -3.22. The summed E-state index contributed by atoms with van der Waals surface area (Å²) in [6.07, 6.45) is 4.47. The minimum Gasteiger partial charge on any atom is -0.361 e. The Morgan fingerprint density at radius 1 is 1.16 bits per heavy atom. The van der Waals surface area contributed by atoms with Crippen molar-refractivity contribution >= 4 is 22.6 Å². The van der Waals surface area contributed by atoms with E-state index in [0.29, 0.717) is 31.0 Å². The molecule has 2 amide bonds.